The van der Waals surface area contributed by atoms with E-state index in [0.29, 0.717) is 11.4 Å². The minimum atomic E-state index is -3.34. The summed E-state index contributed by atoms with van der Waals surface area (Å²) < 4.78 is 24.6. The number of benzene rings is 1. The van der Waals surface area contributed by atoms with Crippen molar-refractivity contribution in [3.8, 4) is 0 Å². The Hall–Kier alpha value is -1.60. The van der Waals surface area contributed by atoms with Crippen molar-refractivity contribution in [3.63, 3.8) is 0 Å². The normalized spacial score (nSPS) is 13.1. The lowest BCUT2D eigenvalue weighted by Crippen LogP contribution is -2.39. The van der Waals surface area contributed by atoms with E-state index in [1.54, 1.807) is 18.2 Å². The molecule has 4 N–H and O–H groups in total. The van der Waals surface area contributed by atoms with Gasteiger partial charge in [0.2, 0.25) is 15.9 Å². The Bertz CT molecular complexity index is 555. The van der Waals surface area contributed by atoms with Gasteiger partial charge >= 0.3 is 0 Å². The lowest BCUT2D eigenvalue weighted by molar-refractivity contribution is -0.118. The monoisotopic (exact) mass is 285 g/mol. The molecule has 1 amide bonds. The van der Waals surface area contributed by atoms with Crippen molar-refractivity contribution in [1.82, 2.24) is 0 Å². The molecule has 19 heavy (non-hydrogen) atoms. The first kappa shape index (κ1) is 15.5. The number of rotatable bonds is 5. The molecule has 0 aliphatic rings. The number of hydrogen-bond acceptors (Lipinski definition) is 4. The number of carbonyl (C=O) groups excluding carboxylic acids is 1. The van der Waals surface area contributed by atoms with Crippen LogP contribution in [0.2, 0.25) is 0 Å². The van der Waals surface area contributed by atoms with Gasteiger partial charge in [0.25, 0.3) is 0 Å². The fraction of sp³-hybridized carbons (Fsp3) is 0.417. The summed E-state index contributed by atoms with van der Waals surface area (Å²) in [5, 5.41) is 2.65. The van der Waals surface area contributed by atoms with Crippen molar-refractivity contribution < 1.29 is 13.2 Å². The summed E-state index contributed by atoms with van der Waals surface area (Å²) in [4.78, 5) is 11.8. The van der Waals surface area contributed by atoms with Gasteiger partial charge < -0.3 is 11.1 Å². The molecule has 0 radical (unpaired) electrons. The fourth-order valence-corrected chi connectivity index (χ4v) is 1.96. The number of anilines is 2. The first-order valence-corrected chi connectivity index (χ1v) is 7.72. The molecule has 0 fully saturated rings. The highest BCUT2D eigenvalue weighted by molar-refractivity contribution is 7.92. The van der Waals surface area contributed by atoms with Gasteiger partial charge in [-0.3, -0.25) is 9.52 Å². The standard InChI is InChI=1S/C12H19N3O3S/c1-8(2)11(13)12(16)14-9-5-4-6-10(7-9)15-19(3,17)18/h4-8,11,15H,13H2,1-3H3,(H,14,16)/t11-/m1/s1. The molecule has 0 saturated carbocycles. The van der Waals surface area contributed by atoms with E-state index in [1.807, 2.05) is 13.8 Å². The van der Waals surface area contributed by atoms with E-state index in [2.05, 4.69) is 10.0 Å². The van der Waals surface area contributed by atoms with Crippen molar-refractivity contribution in [2.24, 2.45) is 11.7 Å². The van der Waals surface area contributed by atoms with Crippen molar-refractivity contribution in [1.29, 1.82) is 0 Å². The summed E-state index contributed by atoms with van der Waals surface area (Å²) in [6, 6.07) is 5.83. The Balaban J connectivity index is 2.80. The van der Waals surface area contributed by atoms with Gasteiger partial charge in [-0.1, -0.05) is 19.9 Å². The maximum Gasteiger partial charge on any atom is 0.241 e. The van der Waals surface area contributed by atoms with Gasteiger partial charge in [-0.05, 0) is 24.1 Å². The van der Waals surface area contributed by atoms with E-state index < -0.39 is 16.1 Å². The first-order valence-electron chi connectivity index (χ1n) is 5.83. The molecule has 0 aliphatic heterocycles. The van der Waals surface area contributed by atoms with Crippen molar-refractivity contribution >= 4 is 27.3 Å². The zero-order valence-corrected chi connectivity index (χ0v) is 12.0. The molecule has 1 aromatic carbocycles. The smallest absolute Gasteiger partial charge is 0.241 e. The zero-order chi connectivity index (χ0) is 14.6. The minimum Gasteiger partial charge on any atom is -0.325 e. The quantitative estimate of drug-likeness (QED) is 0.750. The van der Waals surface area contributed by atoms with Crippen LogP contribution in [-0.4, -0.2) is 26.6 Å². The van der Waals surface area contributed by atoms with Crippen molar-refractivity contribution in [2.45, 2.75) is 19.9 Å². The zero-order valence-electron chi connectivity index (χ0n) is 11.2. The molecule has 1 atom stereocenters. The largest absolute Gasteiger partial charge is 0.325 e. The molecule has 7 heteroatoms. The summed E-state index contributed by atoms with van der Waals surface area (Å²) in [5.74, 6) is -0.274. The van der Waals surface area contributed by atoms with Crippen LogP contribution in [0.1, 0.15) is 13.8 Å². The maximum absolute atomic E-state index is 11.8. The second-order valence-electron chi connectivity index (χ2n) is 4.71. The SMILES string of the molecule is CC(C)[C@@H](N)C(=O)Nc1cccc(NS(C)(=O)=O)c1. The fourth-order valence-electron chi connectivity index (χ4n) is 1.40. The Labute approximate surface area is 113 Å². The van der Waals surface area contributed by atoms with Crippen LogP contribution in [0.15, 0.2) is 24.3 Å². The molecule has 6 nitrogen and oxygen atoms in total. The molecule has 106 valence electrons. The Morgan fingerprint density at radius 3 is 2.37 bits per heavy atom. The molecular weight excluding hydrogens is 266 g/mol. The number of sulfonamides is 1. The van der Waals surface area contributed by atoms with Crippen molar-refractivity contribution in [3.05, 3.63) is 24.3 Å². The Morgan fingerprint density at radius 1 is 1.26 bits per heavy atom. The minimum absolute atomic E-state index is 0.0253. The number of carbonyl (C=O) groups is 1. The highest BCUT2D eigenvalue weighted by Crippen LogP contribution is 2.16. The van der Waals surface area contributed by atoms with Crippen LogP contribution in [0.25, 0.3) is 0 Å². The van der Waals surface area contributed by atoms with Crippen LogP contribution in [0.3, 0.4) is 0 Å². The topological polar surface area (TPSA) is 101 Å². The summed E-state index contributed by atoms with van der Waals surface area (Å²) in [5.41, 5.74) is 6.61. The van der Waals surface area contributed by atoms with E-state index in [1.165, 1.54) is 6.07 Å². The third-order valence-corrected chi connectivity index (χ3v) is 3.06. The van der Waals surface area contributed by atoms with Gasteiger partial charge in [0, 0.05) is 5.69 Å². The van der Waals surface area contributed by atoms with Crippen LogP contribution >= 0.6 is 0 Å². The van der Waals surface area contributed by atoms with Gasteiger partial charge in [0.05, 0.1) is 18.0 Å². The summed E-state index contributed by atoms with van der Waals surface area (Å²) in [6.45, 7) is 3.71. The van der Waals surface area contributed by atoms with E-state index in [9.17, 15) is 13.2 Å². The van der Waals surface area contributed by atoms with Crippen molar-refractivity contribution in [2.75, 3.05) is 16.3 Å². The lowest BCUT2D eigenvalue weighted by Gasteiger charge is -2.15. The number of nitrogens with two attached hydrogens (primary N) is 1. The second kappa shape index (κ2) is 6.03. The first-order chi connectivity index (χ1) is 8.69. The van der Waals surface area contributed by atoms with Crippen LogP contribution in [0, 0.1) is 5.92 Å². The molecular formula is C12H19N3O3S. The highest BCUT2D eigenvalue weighted by Gasteiger charge is 2.17. The molecule has 1 aromatic rings. The van der Waals surface area contributed by atoms with Gasteiger partial charge in [0.1, 0.15) is 0 Å². The summed E-state index contributed by atoms with van der Waals surface area (Å²) in [6.07, 6.45) is 1.06. The van der Waals surface area contributed by atoms with Gasteiger partial charge in [0.15, 0.2) is 0 Å². The third kappa shape index (κ3) is 5.27. The average Bonchev–Trinajstić information content (AvgIpc) is 2.25. The van der Waals surface area contributed by atoms with Gasteiger partial charge in [-0.15, -0.1) is 0 Å². The van der Waals surface area contributed by atoms with Crippen LogP contribution < -0.4 is 15.8 Å². The Kier molecular flexibility index (Phi) is 4.90. The summed E-state index contributed by atoms with van der Waals surface area (Å²) >= 11 is 0. The summed E-state index contributed by atoms with van der Waals surface area (Å²) in [7, 11) is -3.34. The molecule has 0 heterocycles. The van der Waals surface area contributed by atoms with Gasteiger partial charge in [-0.25, -0.2) is 8.42 Å². The molecule has 1 rings (SSSR count). The van der Waals surface area contributed by atoms with E-state index >= 15 is 0 Å². The number of amides is 1. The van der Waals surface area contributed by atoms with E-state index in [4.69, 9.17) is 5.73 Å². The van der Waals surface area contributed by atoms with E-state index in [-0.39, 0.29) is 11.8 Å². The molecule has 0 aliphatic carbocycles. The highest BCUT2D eigenvalue weighted by atomic mass is 32.2. The maximum atomic E-state index is 11.8. The van der Waals surface area contributed by atoms with E-state index in [0.717, 1.165) is 6.26 Å². The second-order valence-corrected chi connectivity index (χ2v) is 6.46. The predicted molar refractivity (Wildman–Crippen MR) is 76.4 cm³/mol. The number of hydrogen-bond donors (Lipinski definition) is 3. The molecule has 0 unspecified atom stereocenters. The Morgan fingerprint density at radius 2 is 1.84 bits per heavy atom. The van der Waals surface area contributed by atoms with Gasteiger partial charge in [-0.2, -0.15) is 0 Å². The van der Waals surface area contributed by atoms with Crippen LogP contribution in [0.4, 0.5) is 11.4 Å². The van der Waals surface area contributed by atoms with Crippen LogP contribution in [0.5, 0.6) is 0 Å². The molecule has 0 spiro atoms. The molecule has 0 bridgehead atoms. The molecule has 0 aromatic heterocycles. The lowest BCUT2D eigenvalue weighted by atomic mass is 10.0. The van der Waals surface area contributed by atoms with Crippen LogP contribution in [-0.2, 0) is 14.8 Å². The average molecular weight is 285 g/mol. The number of nitrogens with one attached hydrogen (secondary N) is 2. The predicted octanol–water partition coefficient (Wildman–Crippen LogP) is 0.980. The molecule has 0 saturated heterocycles. The third-order valence-electron chi connectivity index (χ3n) is 2.45.